The molecule has 0 aliphatic heterocycles. The van der Waals surface area contributed by atoms with Crippen LogP contribution < -0.4 is 5.73 Å². The van der Waals surface area contributed by atoms with Crippen molar-refractivity contribution in [2.75, 3.05) is 6.61 Å². The van der Waals surface area contributed by atoms with E-state index >= 15 is 0 Å². The van der Waals surface area contributed by atoms with Crippen LogP contribution in [0.25, 0.3) is 0 Å². The van der Waals surface area contributed by atoms with E-state index in [0.717, 1.165) is 0 Å². The van der Waals surface area contributed by atoms with Crippen LogP contribution in [0.2, 0.25) is 0 Å². The third kappa shape index (κ3) is 7.29. The molecule has 1 atom stereocenters. The Morgan fingerprint density at radius 1 is 1.73 bits per heavy atom. The molecule has 1 unspecified atom stereocenters. The van der Waals surface area contributed by atoms with Crippen molar-refractivity contribution in [2.24, 2.45) is 5.73 Å². The van der Waals surface area contributed by atoms with Crippen molar-refractivity contribution in [3.05, 3.63) is 0 Å². The summed E-state index contributed by atoms with van der Waals surface area (Å²) in [4.78, 5) is 20.5. The monoisotopic (exact) mass is 181 g/mol. The van der Waals surface area contributed by atoms with Crippen molar-refractivity contribution in [3.63, 3.8) is 0 Å². The van der Waals surface area contributed by atoms with Gasteiger partial charge in [0.05, 0.1) is 19.1 Å². The molecule has 66 valence electrons. The van der Waals surface area contributed by atoms with E-state index in [0.29, 0.717) is 12.9 Å². The molecule has 0 aliphatic carbocycles. The molecule has 2 N–H and O–H groups in total. The smallest absolute Gasteiger partial charge is 0.307 e. The van der Waals surface area contributed by atoms with E-state index in [4.69, 9.17) is 5.73 Å². The second kappa shape index (κ2) is 7.50. The van der Waals surface area contributed by atoms with Crippen molar-refractivity contribution >= 4 is 24.7 Å². The summed E-state index contributed by atoms with van der Waals surface area (Å²) in [6.07, 6.45) is 0.494. The van der Waals surface area contributed by atoms with Crippen LogP contribution >= 0.6 is 12.4 Å². The Hall–Kier alpha value is -0.610. The Bertz CT molecular complexity index is 129. The molecule has 0 aliphatic rings. The van der Waals surface area contributed by atoms with Gasteiger partial charge in [-0.25, -0.2) is 0 Å². The normalized spacial score (nSPS) is 11.1. The number of rotatable bonds is 4. The molecule has 0 rings (SSSR count). The van der Waals surface area contributed by atoms with Gasteiger partial charge >= 0.3 is 5.97 Å². The number of carbonyl (C=O) groups excluding carboxylic acids is 2. The van der Waals surface area contributed by atoms with Gasteiger partial charge in [-0.05, 0) is 6.92 Å². The molecule has 0 radical (unpaired) electrons. The van der Waals surface area contributed by atoms with Gasteiger partial charge in [-0.15, -0.1) is 12.4 Å². The first-order chi connectivity index (χ1) is 4.70. The summed E-state index contributed by atoms with van der Waals surface area (Å²) in [7, 11) is 0. The molecule has 0 fully saturated rings. The SMILES string of the molecule is CCOC(=O)CC(N)C=O.Cl. The summed E-state index contributed by atoms with van der Waals surface area (Å²) in [5.74, 6) is -0.429. The van der Waals surface area contributed by atoms with Gasteiger partial charge in [0.25, 0.3) is 0 Å². The van der Waals surface area contributed by atoms with E-state index in [1.165, 1.54) is 0 Å². The summed E-state index contributed by atoms with van der Waals surface area (Å²) in [6.45, 7) is 2.02. The Balaban J connectivity index is 0. The average Bonchev–Trinajstić information content (AvgIpc) is 1.88. The highest BCUT2D eigenvalue weighted by molar-refractivity contribution is 5.85. The van der Waals surface area contributed by atoms with Crippen LogP contribution in [0.1, 0.15) is 13.3 Å². The first-order valence-electron chi connectivity index (χ1n) is 3.07. The van der Waals surface area contributed by atoms with Crippen molar-refractivity contribution in [3.8, 4) is 0 Å². The number of halogens is 1. The fourth-order valence-corrected chi connectivity index (χ4v) is 0.460. The standard InChI is InChI=1S/C6H11NO3.ClH/c1-2-10-6(9)3-5(7)4-8;/h4-5H,2-3,7H2,1H3;1H. The van der Waals surface area contributed by atoms with E-state index in [9.17, 15) is 9.59 Å². The topological polar surface area (TPSA) is 69.4 Å². The molecule has 5 heteroatoms. The van der Waals surface area contributed by atoms with E-state index in [1.54, 1.807) is 6.92 Å². The Kier molecular flexibility index (Phi) is 8.87. The quantitative estimate of drug-likeness (QED) is 0.485. The molecular weight excluding hydrogens is 170 g/mol. The van der Waals surface area contributed by atoms with Crippen molar-refractivity contribution in [1.29, 1.82) is 0 Å². The van der Waals surface area contributed by atoms with Gasteiger partial charge in [0.15, 0.2) is 0 Å². The van der Waals surface area contributed by atoms with Gasteiger partial charge in [0.1, 0.15) is 6.29 Å². The molecule has 0 bridgehead atoms. The maximum atomic E-state index is 10.6. The van der Waals surface area contributed by atoms with Crippen LogP contribution in [0.4, 0.5) is 0 Å². The first kappa shape index (κ1) is 13.0. The Morgan fingerprint density at radius 2 is 2.27 bits per heavy atom. The minimum absolute atomic E-state index is 0. The summed E-state index contributed by atoms with van der Waals surface area (Å²) >= 11 is 0. The molecule has 0 aromatic heterocycles. The highest BCUT2D eigenvalue weighted by Crippen LogP contribution is 1.88. The minimum Gasteiger partial charge on any atom is -0.466 e. The van der Waals surface area contributed by atoms with Crippen LogP contribution in [0.3, 0.4) is 0 Å². The lowest BCUT2D eigenvalue weighted by molar-refractivity contribution is -0.144. The lowest BCUT2D eigenvalue weighted by Crippen LogP contribution is -2.26. The van der Waals surface area contributed by atoms with E-state index in [1.807, 2.05) is 0 Å². The van der Waals surface area contributed by atoms with Gasteiger partial charge in [0.2, 0.25) is 0 Å². The molecule has 0 spiro atoms. The molecule has 0 saturated heterocycles. The third-order valence-electron chi connectivity index (χ3n) is 0.882. The summed E-state index contributed by atoms with van der Waals surface area (Å²) in [6, 6.07) is -0.723. The zero-order valence-electron chi connectivity index (χ0n) is 6.28. The molecule has 0 aromatic carbocycles. The van der Waals surface area contributed by atoms with E-state index in [-0.39, 0.29) is 18.8 Å². The van der Waals surface area contributed by atoms with Gasteiger partial charge in [-0.3, -0.25) is 4.79 Å². The summed E-state index contributed by atoms with van der Waals surface area (Å²) < 4.78 is 4.54. The third-order valence-corrected chi connectivity index (χ3v) is 0.882. The second-order valence-corrected chi connectivity index (χ2v) is 1.81. The van der Waals surface area contributed by atoms with Gasteiger partial charge in [-0.2, -0.15) is 0 Å². The first-order valence-corrected chi connectivity index (χ1v) is 3.07. The van der Waals surface area contributed by atoms with Gasteiger partial charge in [-0.1, -0.05) is 0 Å². The summed E-state index contributed by atoms with van der Waals surface area (Å²) in [5, 5.41) is 0. The average molecular weight is 182 g/mol. The number of esters is 1. The lowest BCUT2D eigenvalue weighted by Gasteiger charge is -2.01. The zero-order chi connectivity index (χ0) is 7.98. The molecular formula is C6H12ClNO3. The minimum atomic E-state index is -0.723. The van der Waals surface area contributed by atoms with Crippen molar-refractivity contribution < 1.29 is 14.3 Å². The summed E-state index contributed by atoms with van der Waals surface area (Å²) in [5.41, 5.74) is 5.14. The number of nitrogens with two attached hydrogens (primary N) is 1. The molecule has 0 heterocycles. The molecule has 11 heavy (non-hydrogen) atoms. The van der Waals surface area contributed by atoms with E-state index < -0.39 is 12.0 Å². The predicted molar refractivity (Wildman–Crippen MR) is 42.5 cm³/mol. The lowest BCUT2D eigenvalue weighted by atomic mass is 10.2. The zero-order valence-corrected chi connectivity index (χ0v) is 7.10. The van der Waals surface area contributed by atoms with Gasteiger partial charge < -0.3 is 15.3 Å². The largest absolute Gasteiger partial charge is 0.466 e. The van der Waals surface area contributed by atoms with Crippen LogP contribution in [0.15, 0.2) is 0 Å². The predicted octanol–water partition coefficient (Wildman–Crippen LogP) is -0.112. The molecule has 4 nitrogen and oxygen atoms in total. The van der Waals surface area contributed by atoms with Crippen LogP contribution in [0.5, 0.6) is 0 Å². The fourth-order valence-electron chi connectivity index (χ4n) is 0.460. The van der Waals surface area contributed by atoms with E-state index in [2.05, 4.69) is 4.74 Å². The number of ether oxygens (including phenoxy) is 1. The highest BCUT2D eigenvalue weighted by atomic mass is 35.5. The number of carbonyl (C=O) groups is 2. The molecule has 0 aromatic rings. The highest BCUT2D eigenvalue weighted by Gasteiger charge is 2.07. The van der Waals surface area contributed by atoms with Crippen LogP contribution in [0, 0.1) is 0 Å². The molecule has 0 saturated carbocycles. The number of hydrogen-bond acceptors (Lipinski definition) is 4. The van der Waals surface area contributed by atoms with Gasteiger partial charge in [0, 0.05) is 0 Å². The Morgan fingerprint density at radius 3 is 2.64 bits per heavy atom. The molecule has 0 amide bonds. The van der Waals surface area contributed by atoms with Crippen LogP contribution in [-0.4, -0.2) is 24.9 Å². The second-order valence-electron chi connectivity index (χ2n) is 1.81. The maximum Gasteiger partial charge on any atom is 0.307 e. The number of aldehydes is 1. The van der Waals surface area contributed by atoms with Crippen molar-refractivity contribution in [1.82, 2.24) is 0 Å². The number of hydrogen-bond donors (Lipinski definition) is 1. The van der Waals surface area contributed by atoms with Crippen molar-refractivity contribution in [2.45, 2.75) is 19.4 Å². The maximum absolute atomic E-state index is 10.6. The Labute approximate surface area is 71.5 Å². The fraction of sp³-hybridized carbons (Fsp3) is 0.667. The van der Waals surface area contributed by atoms with Crippen LogP contribution in [-0.2, 0) is 14.3 Å².